The molecule has 6 heteroatoms. The van der Waals surface area contributed by atoms with Crippen molar-refractivity contribution in [2.45, 2.75) is 0 Å². The second-order valence-electron chi connectivity index (χ2n) is 2.52. The van der Waals surface area contributed by atoms with Gasteiger partial charge in [-0.15, -0.1) is 0 Å². The van der Waals surface area contributed by atoms with Crippen LogP contribution in [0.2, 0.25) is 0 Å². The number of halogens is 1. The van der Waals surface area contributed by atoms with E-state index >= 15 is 0 Å². The number of rotatable bonds is 3. The summed E-state index contributed by atoms with van der Waals surface area (Å²) in [7, 11) is 0. The maximum Gasteiger partial charge on any atom is 0.251 e. The van der Waals surface area contributed by atoms with E-state index in [1.807, 2.05) is 0 Å². The smallest absolute Gasteiger partial charge is 0.251 e. The van der Waals surface area contributed by atoms with Gasteiger partial charge in [0.2, 0.25) is 11.9 Å². The van der Waals surface area contributed by atoms with Crippen molar-refractivity contribution in [3.8, 4) is 0 Å². The van der Waals surface area contributed by atoms with Gasteiger partial charge in [0.25, 0.3) is 5.91 Å². The van der Waals surface area contributed by atoms with Gasteiger partial charge in [0, 0.05) is 17.8 Å². The molecule has 0 saturated carbocycles. The van der Waals surface area contributed by atoms with Gasteiger partial charge in [-0.05, 0) is 6.07 Å². The van der Waals surface area contributed by atoms with E-state index in [0.717, 1.165) is 12.3 Å². The minimum absolute atomic E-state index is 0.0961. The van der Waals surface area contributed by atoms with Gasteiger partial charge in [-0.25, -0.2) is 4.98 Å². The molecule has 0 aliphatic rings. The Kier molecular flexibility index (Phi) is 3.11. The van der Waals surface area contributed by atoms with Crippen LogP contribution in [0.3, 0.4) is 0 Å². The summed E-state index contributed by atoms with van der Waals surface area (Å²) in [6.07, 6.45) is 1.16. The molecule has 5 nitrogen and oxygen atoms in total. The first-order valence-corrected chi connectivity index (χ1v) is 3.77. The lowest BCUT2D eigenvalue weighted by molar-refractivity contribution is -0.117. The molecule has 0 atom stereocenters. The summed E-state index contributed by atoms with van der Waals surface area (Å²) in [6, 6.07) is 2.30. The molecule has 0 spiro atoms. The van der Waals surface area contributed by atoms with Crippen LogP contribution in [-0.4, -0.2) is 23.3 Å². The molecule has 0 fully saturated rings. The molecular formula is C8H8FN3O2. The van der Waals surface area contributed by atoms with Crippen molar-refractivity contribution in [1.82, 2.24) is 10.3 Å². The van der Waals surface area contributed by atoms with Gasteiger partial charge < -0.3 is 11.1 Å². The van der Waals surface area contributed by atoms with E-state index in [2.05, 4.69) is 10.3 Å². The van der Waals surface area contributed by atoms with Crippen molar-refractivity contribution in [3.05, 3.63) is 29.8 Å². The third-order valence-corrected chi connectivity index (χ3v) is 1.41. The van der Waals surface area contributed by atoms with Crippen LogP contribution in [0.15, 0.2) is 18.3 Å². The van der Waals surface area contributed by atoms with Crippen LogP contribution >= 0.6 is 0 Å². The molecule has 14 heavy (non-hydrogen) atoms. The van der Waals surface area contributed by atoms with Crippen molar-refractivity contribution < 1.29 is 14.0 Å². The zero-order valence-corrected chi connectivity index (χ0v) is 7.16. The third kappa shape index (κ3) is 2.81. The van der Waals surface area contributed by atoms with Gasteiger partial charge in [-0.3, -0.25) is 9.59 Å². The van der Waals surface area contributed by atoms with Gasteiger partial charge in [-0.2, -0.15) is 4.39 Å². The van der Waals surface area contributed by atoms with E-state index in [-0.39, 0.29) is 12.1 Å². The number of primary amides is 1. The van der Waals surface area contributed by atoms with Crippen molar-refractivity contribution in [3.63, 3.8) is 0 Å². The predicted octanol–water partition coefficient (Wildman–Crippen LogP) is -0.564. The van der Waals surface area contributed by atoms with Crippen molar-refractivity contribution >= 4 is 11.8 Å². The van der Waals surface area contributed by atoms with Crippen LogP contribution in [0.5, 0.6) is 0 Å². The Morgan fingerprint density at radius 2 is 2.29 bits per heavy atom. The predicted molar refractivity (Wildman–Crippen MR) is 45.7 cm³/mol. The molecule has 3 N–H and O–H groups in total. The topological polar surface area (TPSA) is 85.1 Å². The lowest BCUT2D eigenvalue weighted by Gasteiger charge is -2.01. The highest BCUT2D eigenvalue weighted by atomic mass is 19.1. The summed E-state index contributed by atoms with van der Waals surface area (Å²) in [5.74, 6) is -1.98. The molecule has 0 radical (unpaired) electrons. The lowest BCUT2D eigenvalue weighted by Crippen LogP contribution is -2.33. The second-order valence-corrected chi connectivity index (χ2v) is 2.52. The zero-order chi connectivity index (χ0) is 10.6. The monoisotopic (exact) mass is 197 g/mol. The van der Waals surface area contributed by atoms with Gasteiger partial charge >= 0.3 is 0 Å². The summed E-state index contributed by atoms with van der Waals surface area (Å²) in [5, 5.41) is 2.22. The standard InChI is InChI=1S/C8H8FN3O2/c9-6-3-5(1-2-11-6)8(14)12-4-7(10)13/h1-3H,4H2,(H2,10,13)(H,12,14). The Balaban J connectivity index is 2.65. The zero-order valence-electron chi connectivity index (χ0n) is 7.16. The van der Waals surface area contributed by atoms with E-state index < -0.39 is 17.8 Å². The molecule has 74 valence electrons. The number of amides is 2. The van der Waals surface area contributed by atoms with Crippen LogP contribution < -0.4 is 11.1 Å². The van der Waals surface area contributed by atoms with E-state index in [1.54, 1.807) is 0 Å². The number of aromatic nitrogens is 1. The number of nitrogens with one attached hydrogen (secondary N) is 1. The fourth-order valence-electron chi connectivity index (χ4n) is 0.813. The largest absolute Gasteiger partial charge is 0.368 e. The average molecular weight is 197 g/mol. The lowest BCUT2D eigenvalue weighted by atomic mass is 10.2. The summed E-state index contributed by atoms with van der Waals surface area (Å²) >= 11 is 0. The number of hydrogen-bond donors (Lipinski definition) is 2. The molecule has 1 rings (SSSR count). The normalized spacial score (nSPS) is 9.50. The minimum atomic E-state index is -0.753. The molecule has 0 aromatic carbocycles. The highest BCUT2D eigenvalue weighted by Crippen LogP contribution is 1.99. The van der Waals surface area contributed by atoms with Crippen molar-refractivity contribution in [1.29, 1.82) is 0 Å². The first-order chi connectivity index (χ1) is 6.59. The van der Waals surface area contributed by atoms with Crippen LogP contribution in [-0.2, 0) is 4.79 Å². The first kappa shape index (κ1) is 10.1. The number of carbonyl (C=O) groups excluding carboxylic acids is 2. The number of hydrogen-bond acceptors (Lipinski definition) is 3. The first-order valence-electron chi connectivity index (χ1n) is 3.77. The molecular weight excluding hydrogens is 189 g/mol. The Bertz CT molecular complexity index is 367. The minimum Gasteiger partial charge on any atom is -0.368 e. The fourth-order valence-corrected chi connectivity index (χ4v) is 0.813. The molecule has 2 amide bonds. The Morgan fingerprint density at radius 3 is 2.86 bits per heavy atom. The molecule has 1 aromatic heterocycles. The summed E-state index contributed by atoms with van der Waals surface area (Å²) in [4.78, 5) is 24.8. The molecule has 1 aromatic rings. The fraction of sp³-hybridized carbons (Fsp3) is 0.125. The molecule has 0 aliphatic carbocycles. The molecule has 1 heterocycles. The molecule has 0 unspecified atom stereocenters. The van der Waals surface area contributed by atoms with E-state index in [9.17, 15) is 14.0 Å². The van der Waals surface area contributed by atoms with Gasteiger partial charge in [0.1, 0.15) is 0 Å². The summed E-state index contributed by atoms with van der Waals surface area (Å²) in [5.41, 5.74) is 4.90. The quantitative estimate of drug-likeness (QED) is 0.636. The van der Waals surface area contributed by atoms with Crippen LogP contribution in [0.25, 0.3) is 0 Å². The van der Waals surface area contributed by atoms with E-state index in [1.165, 1.54) is 6.07 Å². The van der Waals surface area contributed by atoms with Crippen molar-refractivity contribution in [2.24, 2.45) is 5.73 Å². The number of nitrogens with zero attached hydrogens (tertiary/aromatic N) is 1. The van der Waals surface area contributed by atoms with Gasteiger partial charge in [0.05, 0.1) is 6.54 Å². The summed E-state index contributed by atoms with van der Waals surface area (Å²) in [6.45, 7) is -0.275. The number of nitrogens with two attached hydrogens (primary N) is 1. The Labute approximate surface area is 79.1 Å². The van der Waals surface area contributed by atoms with E-state index in [4.69, 9.17) is 5.73 Å². The van der Waals surface area contributed by atoms with Crippen molar-refractivity contribution in [2.75, 3.05) is 6.54 Å². The average Bonchev–Trinajstić information content (AvgIpc) is 2.14. The van der Waals surface area contributed by atoms with Gasteiger partial charge in [-0.1, -0.05) is 0 Å². The van der Waals surface area contributed by atoms with Crippen LogP contribution in [0.4, 0.5) is 4.39 Å². The Morgan fingerprint density at radius 1 is 1.57 bits per heavy atom. The molecule has 0 bridgehead atoms. The van der Waals surface area contributed by atoms with E-state index in [0.29, 0.717) is 0 Å². The third-order valence-electron chi connectivity index (χ3n) is 1.41. The number of pyridine rings is 1. The highest BCUT2D eigenvalue weighted by Gasteiger charge is 2.06. The van der Waals surface area contributed by atoms with Gasteiger partial charge in [0.15, 0.2) is 0 Å². The maximum atomic E-state index is 12.5. The maximum absolute atomic E-state index is 12.5. The SMILES string of the molecule is NC(=O)CNC(=O)c1ccnc(F)c1. The molecule has 0 aliphatic heterocycles. The van der Waals surface area contributed by atoms with Crippen LogP contribution in [0, 0.1) is 5.95 Å². The highest BCUT2D eigenvalue weighted by molar-refractivity contribution is 5.96. The van der Waals surface area contributed by atoms with Crippen LogP contribution in [0.1, 0.15) is 10.4 Å². The Hall–Kier alpha value is -1.98. The second kappa shape index (κ2) is 4.31. The number of carbonyl (C=O) groups is 2. The summed E-state index contributed by atoms with van der Waals surface area (Å²) < 4.78 is 12.5. The molecule has 0 saturated heterocycles.